The van der Waals surface area contributed by atoms with Crippen molar-refractivity contribution in [2.24, 2.45) is 0 Å². The van der Waals surface area contributed by atoms with Gasteiger partial charge in [0.25, 0.3) is 5.91 Å². The van der Waals surface area contributed by atoms with E-state index in [4.69, 9.17) is 4.74 Å². The zero-order chi connectivity index (χ0) is 31.1. The van der Waals surface area contributed by atoms with Gasteiger partial charge >= 0.3 is 5.97 Å². The Bertz CT molecular complexity index is 1670. The SMILES string of the molecule is CCOC(=O)C1=C(C)N(Cc2cccc(C(=O)NC(Cc3ccccc3)c3ccccc3)c2)C(=O)CC1c1cccc(F)c1. The molecule has 0 aliphatic carbocycles. The quantitative estimate of drug-likeness (QED) is 0.204. The summed E-state index contributed by atoms with van der Waals surface area (Å²) in [5.74, 6) is -2.02. The summed E-state index contributed by atoms with van der Waals surface area (Å²) in [5.41, 5.74) is 4.63. The van der Waals surface area contributed by atoms with Gasteiger partial charge in [0.1, 0.15) is 5.82 Å². The number of rotatable bonds is 10. The van der Waals surface area contributed by atoms with E-state index in [1.165, 1.54) is 12.1 Å². The standard InChI is InChI=1S/C37H35FN2O4/c1-3-44-37(43)35-25(2)40(34(41)23-32(35)29-17-11-19-31(38)22-29)24-27-14-10-18-30(20-27)36(42)39-33(28-15-8-5-9-16-28)21-26-12-6-4-7-13-26/h4-20,22,32-33H,3,21,23-24H2,1-2H3,(H,39,42). The first-order valence-corrected chi connectivity index (χ1v) is 14.8. The maximum Gasteiger partial charge on any atom is 0.336 e. The first kappa shape index (κ1) is 30.4. The predicted octanol–water partition coefficient (Wildman–Crippen LogP) is 6.89. The van der Waals surface area contributed by atoms with E-state index >= 15 is 0 Å². The molecule has 0 saturated heterocycles. The molecule has 44 heavy (non-hydrogen) atoms. The number of nitrogens with one attached hydrogen (secondary N) is 1. The third kappa shape index (κ3) is 7.11. The van der Waals surface area contributed by atoms with Crippen LogP contribution in [0.15, 0.2) is 120 Å². The van der Waals surface area contributed by atoms with E-state index in [9.17, 15) is 18.8 Å². The molecule has 1 aliphatic rings. The fraction of sp³-hybridized carbons (Fsp3) is 0.216. The summed E-state index contributed by atoms with van der Waals surface area (Å²) in [6.07, 6.45) is 0.624. The zero-order valence-electron chi connectivity index (χ0n) is 24.8. The number of ether oxygens (including phenoxy) is 1. The largest absolute Gasteiger partial charge is 0.463 e. The van der Waals surface area contributed by atoms with Crippen LogP contribution in [0.4, 0.5) is 4.39 Å². The van der Waals surface area contributed by atoms with E-state index in [2.05, 4.69) is 5.32 Å². The number of benzene rings is 4. The molecule has 0 saturated carbocycles. The van der Waals surface area contributed by atoms with Crippen molar-refractivity contribution in [2.45, 2.75) is 45.2 Å². The minimum atomic E-state index is -0.620. The van der Waals surface area contributed by atoms with Gasteiger partial charge in [0.05, 0.1) is 24.8 Å². The Hall–Kier alpha value is -5.04. The Morgan fingerprint density at radius 1 is 0.909 bits per heavy atom. The topological polar surface area (TPSA) is 75.7 Å². The van der Waals surface area contributed by atoms with Gasteiger partial charge in [-0.05, 0) is 66.8 Å². The second-order valence-corrected chi connectivity index (χ2v) is 10.8. The Morgan fingerprint density at radius 2 is 1.59 bits per heavy atom. The van der Waals surface area contributed by atoms with Crippen LogP contribution in [0.2, 0.25) is 0 Å². The number of carbonyl (C=O) groups is 3. The molecule has 5 rings (SSSR count). The van der Waals surface area contributed by atoms with Crippen LogP contribution in [-0.2, 0) is 27.3 Å². The molecule has 7 heteroatoms. The third-order valence-corrected chi connectivity index (χ3v) is 7.89. The molecular formula is C37H35FN2O4. The average Bonchev–Trinajstić information content (AvgIpc) is 3.03. The Balaban J connectivity index is 1.39. The minimum Gasteiger partial charge on any atom is -0.463 e. The summed E-state index contributed by atoms with van der Waals surface area (Å²) in [7, 11) is 0. The summed E-state index contributed by atoms with van der Waals surface area (Å²) in [6.45, 7) is 3.76. The van der Waals surface area contributed by atoms with Crippen LogP contribution in [0.5, 0.6) is 0 Å². The van der Waals surface area contributed by atoms with E-state index in [-0.39, 0.29) is 37.4 Å². The number of hydrogen-bond donors (Lipinski definition) is 1. The van der Waals surface area contributed by atoms with Gasteiger partial charge in [-0.2, -0.15) is 0 Å². The molecule has 4 aromatic rings. The number of hydrogen-bond acceptors (Lipinski definition) is 4. The normalized spacial score (nSPS) is 15.6. The van der Waals surface area contributed by atoms with Crippen molar-refractivity contribution < 1.29 is 23.5 Å². The average molecular weight is 591 g/mol. The molecule has 0 spiro atoms. The molecule has 224 valence electrons. The summed E-state index contributed by atoms with van der Waals surface area (Å²) < 4.78 is 19.4. The van der Waals surface area contributed by atoms with E-state index in [0.29, 0.717) is 28.8 Å². The van der Waals surface area contributed by atoms with Gasteiger partial charge in [-0.15, -0.1) is 0 Å². The third-order valence-electron chi connectivity index (χ3n) is 7.89. The molecular weight excluding hydrogens is 555 g/mol. The van der Waals surface area contributed by atoms with Crippen molar-refractivity contribution >= 4 is 17.8 Å². The number of amides is 2. The number of nitrogens with zero attached hydrogens (tertiary/aromatic N) is 1. The highest BCUT2D eigenvalue weighted by molar-refractivity contribution is 5.96. The lowest BCUT2D eigenvalue weighted by Crippen LogP contribution is -2.38. The highest BCUT2D eigenvalue weighted by Crippen LogP contribution is 2.38. The first-order chi connectivity index (χ1) is 21.3. The van der Waals surface area contributed by atoms with E-state index < -0.39 is 17.7 Å². The van der Waals surface area contributed by atoms with Crippen LogP contribution >= 0.6 is 0 Å². The van der Waals surface area contributed by atoms with Crippen LogP contribution < -0.4 is 5.32 Å². The number of halogens is 1. The summed E-state index contributed by atoms with van der Waals surface area (Å²) in [6, 6.07) is 32.7. The van der Waals surface area contributed by atoms with Crippen LogP contribution in [0.1, 0.15) is 64.8 Å². The number of esters is 1. The van der Waals surface area contributed by atoms with Crippen molar-refractivity contribution in [2.75, 3.05) is 6.61 Å². The maximum absolute atomic E-state index is 14.1. The fourth-order valence-corrected chi connectivity index (χ4v) is 5.71. The summed E-state index contributed by atoms with van der Waals surface area (Å²) >= 11 is 0. The van der Waals surface area contributed by atoms with E-state index in [1.54, 1.807) is 49.1 Å². The summed E-state index contributed by atoms with van der Waals surface area (Å²) in [4.78, 5) is 41.7. The zero-order valence-corrected chi connectivity index (χ0v) is 24.8. The molecule has 1 aliphatic heterocycles. The number of carbonyl (C=O) groups excluding carboxylic acids is 3. The minimum absolute atomic E-state index is 0.00659. The van der Waals surface area contributed by atoms with E-state index in [0.717, 1.165) is 16.7 Å². The van der Waals surface area contributed by atoms with Crippen LogP contribution in [0.25, 0.3) is 0 Å². The van der Waals surface area contributed by atoms with Crippen molar-refractivity contribution in [1.29, 1.82) is 0 Å². The summed E-state index contributed by atoms with van der Waals surface area (Å²) in [5, 5.41) is 3.19. The van der Waals surface area contributed by atoms with Gasteiger partial charge < -0.3 is 15.0 Å². The fourth-order valence-electron chi connectivity index (χ4n) is 5.71. The van der Waals surface area contributed by atoms with Crippen molar-refractivity contribution in [3.05, 3.63) is 154 Å². The molecule has 4 aromatic carbocycles. The van der Waals surface area contributed by atoms with Crippen molar-refractivity contribution in [1.82, 2.24) is 10.2 Å². The smallest absolute Gasteiger partial charge is 0.336 e. The lowest BCUT2D eigenvalue weighted by atomic mass is 9.83. The second kappa shape index (κ2) is 14.0. The van der Waals surface area contributed by atoms with Crippen molar-refractivity contribution in [3.63, 3.8) is 0 Å². The molecule has 0 radical (unpaired) electrons. The second-order valence-electron chi connectivity index (χ2n) is 10.8. The first-order valence-electron chi connectivity index (χ1n) is 14.8. The van der Waals surface area contributed by atoms with Crippen LogP contribution in [0.3, 0.4) is 0 Å². The molecule has 2 amide bonds. The highest BCUT2D eigenvalue weighted by atomic mass is 19.1. The van der Waals surface area contributed by atoms with Gasteiger partial charge in [0.15, 0.2) is 0 Å². The molecule has 0 bridgehead atoms. The van der Waals surface area contributed by atoms with Gasteiger partial charge in [-0.25, -0.2) is 9.18 Å². The predicted molar refractivity (Wildman–Crippen MR) is 167 cm³/mol. The van der Waals surface area contributed by atoms with Gasteiger partial charge in [-0.3, -0.25) is 9.59 Å². The number of allylic oxidation sites excluding steroid dienone is 1. The lowest BCUT2D eigenvalue weighted by molar-refractivity contribution is -0.140. The molecule has 1 N–H and O–H groups in total. The van der Waals surface area contributed by atoms with Gasteiger partial charge in [0.2, 0.25) is 5.91 Å². The Morgan fingerprint density at radius 3 is 2.30 bits per heavy atom. The highest BCUT2D eigenvalue weighted by Gasteiger charge is 2.37. The Labute approximate surface area is 257 Å². The van der Waals surface area contributed by atoms with E-state index in [1.807, 2.05) is 66.7 Å². The molecule has 1 heterocycles. The van der Waals surface area contributed by atoms with Crippen molar-refractivity contribution in [3.8, 4) is 0 Å². The maximum atomic E-state index is 14.1. The molecule has 6 nitrogen and oxygen atoms in total. The van der Waals surface area contributed by atoms with Gasteiger partial charge in [-0.1, -0.05) is 84.9 Å². The Kier molecular flexibility index (Phi) is 9.65. The molecule has 0 fully saturated rings. The lowest BCUT2D eigenvalue weighted by Gasteiger charge is -2.34. The molecule has 2 atom stereocenters. The monoisotopic (exact) mass is 590 g/mol. The molecule has 0 aromatic heterocycles. The molecule has 2 unspecified atom stereocenters. The van der Waals surface area contributed by atoms with Gasteiger partial charge in [0, 0.05) is 23.6 Å². The van der Waals surface area contributed by atoms with Crippen LogP contribution in [-0.4, -0.2) is 29.3 Å². The van der Waals surface area contributed by atoms with Crippen LogP contribution in [0, 0.1) is 5.82 Å².